The van der Waals surface area contributed by atoms with Gasteiger partial charge in [0.1, 0.15) is 0 Å². The van der Waals surface area contributed by atoms with Crippen molar-refractivity contribution in [2.45, 2.75) is 20.0 Å². The zero-order valence-electron chi connectivity index (χ0n) is 4.87. The van der Waals surface area contributed by atoms with Crippen LogP contribution in [0.25, 0.3) is 0 Å². The van der Waals surface area contributed by atoms with Crippen LogP contribution in [0.3, 0.4) is 0 Å². The topological polar surface area (TPSA) is 64.7 Å². The maximum atomic E-state index is 8.52. The van der Waals surface area contributed by atoms with Crippen LogP contribution in [0.5, 0.6) is 0 Å². The van der Waals surface area contributed by atoms with E-state index in [4.69, 9.17) is 4.89 Å². The molecule has 0 fully saturated rings. The lowest BCUT2D eigenvalue weighted by Crippen LogP contribution is -2.01. The predicted molar refractivity (Wildman–Crippen MR) is 30.6 cm³/mol. The highest BCUT2D eigenvalue weighted by Gasteiger charge is 2.05. The summed E-state index contributed by atoms with van der Waals surface area (Å²) in [5, 5.41) is 0. The molecule has 0 aromatic carbocycles. The lowest BCUT2D eigenvalue weighted by Gasteiger charge is -2.08. The molecule has 8 heavy (non-hydrogen) atoms. The van der Waals surface area contributed by atoms with E-state index in [1.54, 1.807) is 13.8 Å². The third-order valence-electron chi connectivity index (χ3n) is 0.391. The van der Waals surface area contributed by atoms with Crippen LogP contribution in [0.2, 0.25) is 0 Å². The van der Waals surface area contributed by atoms with Gasteiger partial charge < -0.3 is 9.42 Å². The van der Waals surface area contributed by atoms with E-state index < -0.39 is 8.60 Å². The van der Waals surface area contributed by atoms with Crippen molar-refractivity contribution in [3.05, 3.63) is 0 Å². The van der Waals surface area contributed by atoms with Crippen molar-refractivity contribution in [1.82, 2.24) is 0 Å². The van der Waals surface area contributed by atoms with Gasteiger partial charge in [-0.05, 0) is 13.8 Å². The van der Waals surface area contributed by atoms with Gasteiger partial charge in [-0.3, -0.25) is 0 Å². The van der Waals surface area contributed by atoms with Gasteiger partial charge >= 0.3 is 8.60 Å². The molecule has 0 aliphatic carbocycles. The van der Waals surface area contributed by atoms with E-state index in [1.165, 1.54) is 0 Å². The summed E-state index contributed by atoms with van der Waals surface area (Å²) in [6, 6.07) is 0. The first kappa shape index (κ1) is 8.27. The van der Waals surface area contributed by atoms with Crippen LogP contribution in [-0.4, -0.2) is 11.0 Å². The van der Waals surface area contributed by atoms with Gasteiger partial charge in [0.05, 0.1) is 6.10 Å². The smallest absolute Gasteiger partial charge is 0.327 e. The molecule has 0 aliphatic rings. The van der Waals surface area contributed by atoms with E-state index in [0.717, 1.165) is 0 Å². The molecule has 5 heteroatoms. The molecule has 0 heterocycles. The Bertz CT molecular complexity index is 60.5. The Labute approximate surface area is 49.5 Å². The second-order valence-electron chi connectivity index (χ2n) is 1.50. The molecule has 0 rings (SSSR count). The summed E-state index contributed by atoms with van der Waals surface area (Å²) in [7, 11) is -1.84. The average molecular weight is 139 g/mol. The Morgan fingerprint density at radius 2 is 2.12 bits per heavy atom. The first-order valence-corrected chi connectivity index (χ1v) is 3.32. The van der Waals surface area contributed by atoms with Crippen molar-refractivity contribution in [2.24, 2.45) is 5.90 Å². The van der Waals surface area contributed by atoms with Gasteiger partial charge in [-0.15, -0.1) is 0 Å². The zero-order valence-corrected chi connectivity index (χ0v) is 5.76. The number of rotatable bonds is 3. The van der Waals surface area contributed by atoms with Crippen molar-refractivity contribution in [3.63, 3.8) is 0 Å². The minimum atomic E-state index is -1.84. The van der Waals surface area contributed by atoms with Crippen LogP contribution in [0.1, 0.15) is 13.8 Å². The third kappa shape index (κ3) is 4.43. The number of hydrogen-bond donors (Lipinski definition) is 2. The first-order valence-electron chi connectivity index (χ1n) is 2.19. The first-order chi connectivity index (χ1) is 3.66. The minimum Gasteiger partial charge on any atom is -0.327 e. The predicted octanol–water partition coefficient (Wildman–Crippen LogP) is 0.521. The Hall–Kier alpha value is 0.270. The molecule has 0 aliphatic heterocycles. The Balaban J connectivity index is 3.10. The molecule has 4 nitrogen and oxygen atoms in total. The summed E-state index contributed by atoms with van der Waals surface area (Å²) in [6.45, 7) is 3.56. The summed E-state index contributed by atoms with van der Waals surface area (Å²) in [5.74, 6) is 4.57. The summed E-state index contributed by atoms with van der Waals surface area (Å²) >= 11 is 0. The summed E-state index contributed by atoms with van der Waals surface area (Å²) in [6.07, 6.45) is -0.0466. The maximum Gasteiger partial charge on any atom is 0.348 e. The molecule has 0 bridgehead atoms. The van der Waals surface area contributed by atoms with Crippen molar-refractivity contribution < 1.29 is 14.0 Å². The van der Waals surface area contributed by atoms with Crippen molar-refractivity contribution in [3.8, 4) is 0 Å². The van der Waals surface area contributed by atoms with Gasteiger partial charge in [0, 0.05) is 0 Å². The van der Waals surface area contributed by atoms with Gasteiger partial charge in [-0.1, -0.05) is 0 Å². The van der Waals surface area contributed by atoms with Crippen LogP contribution in [0, 0.1) is 0 Å². The molecule has 0 saturated heterocycles. The summed E-state index contributed by atoms with van der Waals surface area (Å²) < 4.78 is 8.63. The molecule has 1 unspecified atom stereocenters. The summed E-state index contributed by atoms with van der Waals surface area (Å²) in [4.78, 5) is 8.52. The fourth-order valence-corrected chi connectivity index (χ4v) is 0.616. The second kappa shape index (κ2) is 4.18. The number of nitrogens with two attached hydrogens (primary N) is 1. The van der Waals surface area contributed by atoms with Crippen molar-refractivity contribution in [1.29, 1.82) is 0 Å². The van der Waals surface area contributed by atoms with E-state index in [2.05, 4.69) is 15.0 Å². The molecule has 3 N–H and O–H groups in total. The van der Waals surface area contributed by atoms with E-state index >= 15 is 0 Å². The van der Waals surface area contributed by atoms with E-state index in [-0.39, 0.29) is 6.10 Å². The van der Waals surface area contributed by atoms with Gasteiger partial charge in [0.25, 0.3) is 0 Å². The van der Waals surface area contributed by atoms with Crippen LogP contribution >= 0.6 is 8.60 Å². The molecule has 0 aromatic heterocycles. The van der Waals surface area contributed by atoms with Gasteiger partial charge in [-0.2, -0.15) is 0 Å². The number of hydrogen-bond acceptors (Lipinski definition) is 4. The fourth-order valence-electron chi connectivity index (χ4n) is 0.205. The molecule has 0 radical (unpaired) electrons. The quantitative estimate of drug-likeness (QED) is 0.442. The van der Waals surface area contributed by atoms with E-state index in [0.29, 0.717) is 0 Å². The average Bonchev–Trinajstić information content (AvgIpc) is 1.65. The standard InChI is InChI=1S/C3H10NO3P/c1-3(2)6-8(5)7-4/h3,5H,4H2,1-2H3. The van der Waals surface area contributed by atoms with Crippen molar-refractivity contribution in [2.75, 3.05) is 0 Å². The highest BCUT2D eigenvalue weighted by molar-refractivity contribution is 7.40. The highest BCUT2D eigenvalue weighted by atomic mass is 31.2. The third-order valence-corrected chi connectivity index (χ3v) is 1.17. The molecule has 0 aromatic rings. The molecular weight excluding hydrogens is 129 g/mol. The molecule has 0 amide bonds. The van der Waals surface area contributed by atoms with Crippen LogP contribution in [-0.2, 0) is 9.15 Å². The summed E-state index contributed by atoms with van der Waals surface area (Å²) in [5.41, 5.74) is 0. The van der Waals surface area contributed by atoms with Gasteiger partial charge in [0.2, 0.25) is 0 Å². The van der Waals surface area contributed by atoms with Gasteiger partial charge in [-0.25, -0.2) is 10.5 Å². The van der Waals surface area contributed by atoms with Crippen LogP contribution in [0.4, 0.5) is 0 Å². The van der Waals surface area contributed by atoms with Crippen LogP contribution < -0.4 is 5.90 Å². The van der Waals surface area contributed by atoms with E-state index in [1.807, 2.05) is 0 Å². The van der Waals surface area contributed by atoms with Crippen molar-refractivity contribution >= 4 is 8.60 Å². The normalized spacial score (nSPS) is 14.6. The SMILES string of the molecule is CC(C)OP(O)ON. The van der Waals surface area contributed by atoms with Crippen LogP contribution in [0.15, 0.2) is 0 Å². The minimum absolute atomic E-state index is 0.0466. The van der Waals surface area contributed by atoms with Gasteiger partial charge in [0.15, 0.2) is 0 Å². The Morgan fingerprint density at radius 1 is 1.62 bits per heavy atom. The largest absolute Gasteiger partial charge is 0.348 e. The monoisotopic (exact) mass is 139 g/mol. The maximum absolute atomic E-state index is 8.52. The lowest BCUT2D eigenvalue weighted by atomic mass is 10.5. The van der Waals surface area contributed by atoms with E-state index in [9.17, 15) is 0 Å². The second-order valence-corrected chi connectivity index (χ2v) is 2.39. The zero-order chi connectivity index (χ0) is 6.57. The highest BCUT2D eigenvalue weighted by Crippen LogP contribution is 2.31. The lowest BCUT2D eigenvalue weighted by molar-refractivity contribution is 0.166. The molecular formula is C3H10NO3P. The molecule has 0 saturated carbocycles. The fraction of sp³-hybridized carbons (Fsp3) is 1.00. The molecule has 50 valence electrons. The molecule has 0 spiro atoms. The Morgan fingerprint density at radius 3 is 2.25 bits per heavy atom. The molecule has 1 atom stereocenters. The Kier molecular flexibility index (Phi) is 4.32.